The van der Waals surface area contributed by atoms with Crippen molar-refractivity contribution in [3.63, 3.8) is 0 Å². The van der Waals surface area contributed by atoms with E-state index in [9.17, 15) is 0 Å². The van der Waals surface area contributed by atoms with Gasteiger partial charge in [0.2, 0.25) is 0 Å². The minimum Gasteiger partial charge on any atom is -0.389 e. The average molecular weight is 306 g/mol. The third-order valence-corrected chi connectivity index (χ3v) is 4.66. The Morgan fingerprint density at radius 2 is 1.71 bits per heavy atom. The van der Waals surface area contributed by atoms with E-state index in [-0.39, 0.29) is 7.12 Å². The number of rotatable bonds is 4. The fraction of sp³-hybridized carbons (Fsp3) is 0.143. The van der Waals surface area contributed by atoms with Gasteiger partial charge in [-0.25, -0.2) is 0 Å². The highest BCUT2D eigenvalue weighted by Gasteiger charge is 2.25. The van der Waals surface area contributed by atoms with Gasteiger partial charge in [0.25, 0.3) is 0 Å². The zero-order chi connectivity index (χ0) is 12.1. The van der Waals surface area contributed by atoms with Crippen molar-refractivity contribution >= 4 is 61.7 Å². The van der Waals surface area contributed by atoms with Crippen LogP contribution in [-0.2, 0) is 17.8 Å². The number of hydrogen-bond donors (Lipinski definition) is 0. The Kier molecular flexibility index (Phi) is 6.31. The minimum atomic E-state index is -0.393. The zero-order valence-electron chi connectivity index (χ0n) is 8.96. The van der Waals surface area contributed by atoms with Crippen molar-refractivity contribution in [1.82, 2.24) is 0 Å². The van der Waals surface area contributed by atoms with Gasteiger partial charge in [0.1, 0.15) is 0 Å². The van der Waals surface area contributed by atoms with Crippen molar-refractivity contribution in [3.8, 4) is 0 Å². The molecule has 0 aliphatic carbocycles. The quantitative estimate of drug-likeness (QED) is 0.611. The van der Waals surface area contributed by atoms with E-state index in [0.29, 0.717) is 17.6 Å². The number of benzene rings is 1. The largest absolute Gasteiger partial charge is 0.500 e. The van der Waals surface area contributed by atoms with Crippen molar-refractivity contribution in [2.45, 2.75) is 0 Å². The van der Waals surface area contributed by atoms with Gasteiger partial charge < -0.3 is 17.8 Å². The molecule has 1 aliphatic heterocycles. The van der Waals surface area contributed by atoms with Crippen molar-refractivity contribution in [1.29, 1.82) is 0 Å². The molecule has 4 atom stereocenters. The van der Waals surface area contributed by atoms with E-state index in [2.05, 4.69) is 18.9 Å². The van der Waals surface area contributed by atoms with Crippen LogP contribution in [0.1, 0.15) is 0 Å². The summed E-state index contributed by atoms with van der Waals surface area (Å²) in [6.07, 6.45) is 0. The lowest BCUT2D eigenvalue weighted by Gasteiger charge is -2.19. The summed E-state index contributed by atoms with van der Waals surface area (Å²) in [7, 11) is 4.84. The number of hydrogen-bond acceptors (Lipinski definition) is 4. The minimum absolute atomic E-state index is 0.221. The molecule has 1 aromatic carbocycles. The molecule has 1 saturated heterocycles. The Morgan fingerprint density at radius 1 is 1.12 bits per heavy atom. The molecule has 0 spiro atoms. The van der Waals surface area contributed by atoms with Gasteiger partial charge in [0, 0.05) is 23.5 Å². The van der Waals surface area contributed by atoms with Gasteiger partial charge in [-0.15, -0.1) is 0 Å². The lowest BCUT2D eigenvalue weighted by atomic mass is 9.75. The van der Waals surface area contributed by atoms with Gasteiger partial charge in [0.05, 0.1) is 0 Å². The van der Waals surface area contributed by atoms with Crippen LogP contribution in [0.3, 0.4) is 0 Å². The van der Waals surface area contributed by atoms with Crippen LogP contribution < -0.4 is 10.9 Å². The third kappa shape index (κ3) is 3.93. The van der Waals surface area contributed by atoms with E-state index in [0.717, 1.165) is 16.8 Å². The first-order valence-electron chi connectivity index (χ1n) is 4.93. The molecule has 0 aromatic heterocycles. The molecule has 2 rings (SSSR count). The summed E-state index contributed by atoms with van der Waals surface area (Å²) in [6, 6.07) is 7.84. The van der Waals surface area contributed by atoms with Crippen LogP contribution in [-0.4, -0.2) is 20.1 Å². The highest BCUT2D eigenvalue weighted by atomic mass is 31.1. The van der Waals surface area contributed by atoms with Gasteiger partial charge in [-0.3, -0.25) is 0 Å². The Hall–Kier alpha value is 0.910. The van der Waals surface area contributed by atoms with E-state index < -0.39 is 7.12 Å². The van der Waals surface area contributed by atoms with Crippen LogP contribution in [0, 0.1) is 0 Å². The van der Waals surface area contributed by atoms with Gasteiger partial charge in [-0.05, 0) is 29.9 Å². The predicted octanol–water partition coefficient (Wildman–Crippen LogP) is 0.882. The lowest BCUT2D eigenvalue weighted by Crippen LogP contribution is -2.37. The summed E-state index contributed by atoms with van der Waals surface area (Å²) < 4.78 is 21.3. The molecule has 0 amide bonds. The highest BCUT2D eigenvalue weighted by molar-refractivity contribution is 7.54. The summed E-state index contributed by atoms with van der Waals surface area (Å²) in [4.78, 5) is 0. The van der Waals surface area contributed by atoms with E-state index in [1.54, 1.807) is 0 Å². The van der Waals surface area contributed by atoms with Crippen molar-refractivity contribution in [2.75, 3.05) is 5.90 Å². The normalized spacial score (nSPS) is 18.8. The monoisotopic (exact) mass is 306 g/mol. The van der Waals surface area contributed by atoms with Crippen LogP contribution in [0.5, 0.6) is 0 Å². The Balaban J connectivity index is 2.06. The van der Waals surface area contributed by atoms with E-state index in [1.165, 1.54) is 0 Å². The molecule has 17 heavy (non-hydrogen) atoms. The molecular weight excluding hydrogens is 294 g/mol. The molecule has 0 N–H and O–H groups in total. The Bertz CT molecular complexity index is 344. The van der Waals surface area contributed by atoms with E-state index in [1.807, 2.05) is 24.3 Å². The van der Waals surface area contributed by atoms with E-state index >= 15 is 0 Å². The van der Waals surface area contributed by atoms with Crippen LogP contribution in [0.4, 0.5) is 0 Å². The van der Waals surface area contributed by atoms with Crippen LogP contribution in [0.2, 0.25) is 0 Å². The molecule has 4 unspecified atom stereocenters. The summed E-state index contributed by atoms with van der Waals surface area (Å²) >= 11 is 0. The fourth-order valence-corrected chi connectivity index (χ4v) is 3.66. The van der Waals surface area contributed by atoms with Gasteiger partial charge >= 0.3 is 14.2 Å². The zero-order valence-corrected chi connectivity index (χ0v) is 13.3. The van der Waals surface area contributed by atoms with Crippen molar-refractivity contribution in [2.24, 2.45) is 0 Å². The SMILES string of the molecule is POB(OP)c1ccc(B2OPCPO2)cc1. The topological polar surface area (TPSA) is 36.9 Å². The second-order valence-electron chi connectivity index (χ2n) is 3.30. The molecule has 0 saturated carbocycles. The second kappa shape index (κ2) is 7.49. The molecule has 1 heterocycles. The first kappa shape index (κ1) is 14.3. The molecular formula is C7H12B2O4P4. The molecule has 0 bridgehead atoms. The first-order chi connectivity index (χ1) is 8.35. The van der Waals surface area contributed by atoms with Crippen molar-refractivity contribution < 1.29 is 17.8 Å². The maximum atomic E-state index is 5.56. The van der Waals surface area contributed by atoms with Crippen molar-refractivity contribution in [3.05, 3.63) is 24.3 Å². The van der Waals surface area contributed by atoms with Gasteiger partial charge in [-0.2, -0.15) is 0 Å². The molecule has 10 heteroatoms. The van der Waals surface area contributed by atoms with Crippen LogP contribution in [0.15, 0.2) is 24.3 Å². The summed E-state index contributed by atoms with van der Waals surface area (Å²) in [5, 5.41) is 0. The standard InChI is InChI=1S/C7H12B2O4P4/c14-10-8(11-15)6-1-3-7(4-2-6)9-12-16-5-17-13-9/h1-4,16-17H,5,14-15H2. The van der Waals surface area contributed by atoms with E-state index in [4.69, 9.17) is 17.8 Å². The molecule has 4 nitrogen and oxygen atoms in total. The summed E-state index contributed by atoms with van der Waals surface area (Å²) in [5.74, 6) is 1.01. The maximum Gasteiger partial charge on any atom is 0.500 e. The van der Waals surface area contributed by atoms with Gasteiger partial charge in [-0.1, -0.05) is 24.3 Å². The lowest BCUT2D eigenvalue weighted by molar-refractivity contribution is 0.499. The molecule has 1 aliphatic rings. The molecule has 1 fully saturated rings. The van der Waals surface area contributed by atoms with Crippen LogP contribution >= 0.6 is 36.5 Å². The molecule has 0 radical (unpaired) electrons. The second-order valence-corrected chi connectivity index (χ2v) is 6.31. The Morgan fingerprint density at radius 3 is 2.24 bits per heavy atom. The predicted molar refractivity (Wildman–Crippen MR) is 82.5 cm³/mol. The highest BCUT2D eigenvalue weighted by Crippen LogP contribution is 2.33. The van der Waals surface area contributed by atoms with Gasteiger partial charge in [0.15, 0.2) is 0 Å². The maximum absolute atomic E-state index is 5.56. The molecule has 1 aromatic rings. The third-order valence-electron chi connectivity index (χ3n) is 2.25. The molecule has 90 valence electrons. The first-order valence-corrected chi connectivity index (χ1v) is 8.10. The average Bonchev–Trinajstić information content (AvgIpc) is 2.42. The summed E-state index contributed by atoms with van der Waals surface area (Å²) in [5.41, 5.74) is 1.97. The fourth-order valence-electron chi connectivity index (χ4n) is 1.42. The smallest absolute Gasteiger partial charge is 0.389 e. The summed E-state index contributed by atoms with van der Waals surface area (Å²) in [6.45, 7) is 0. The Labute approximate surface area is 110 Å². The van der Waals surface area contributed by atoms with Crippen LogP contribution in [0.25, 0.3) is 0 Å².